The number of benzene rings is 1. The van der Waals surface area contributed by atoms with Crippen molar-refractivity contribution >= 4 is 22.3 Å². The average Bonchev–Trinajstić information content (AvgIpc) is 2.97. The molecule has 0 radical (unpaired) electrons. The first-order valence-electron chi connectivity index (χ1n) is 7.16. The van der Waals surface area contributed by atoms with Gasteiger partial charge in [0.1, 0.15) is 0 Å². The molecule has 1 unspecified atom stereocenters. The van der Waals surface area contributed by atoms with Crippen molar-refractivity contribution in [1.82, 2.24) is 10.3 Å². The Kier molecular flexibility index (Phi) is 3.70. The number of non-ortho nitro benzene ring substituents is 1. The van der Waals surface area contributed by atoms with Crippen LogP contribution in [0.25, 0.3) is 10.9 Å². The fourth-order valence-electron chi connectivity index (χ4n) is 2.77. The lowest BCUT2D eigenvalue weighted by atomic mass is 10.1. The number of pyridine rings is 1. The molecule has 6 nitrogen and oxygen atoms in total. The quantitative estimate of drug-likeness (QED) is 0.667. The summed E-state index contributed by atoms with van der Waals surface area (Å²) in [5.41, 5.74) is 2.69. The molecule has 1 aliphatic heterocycles. The van der Waals surface area contributed by atoms with E-state index < -0.39 is 0 Å². The SMILES string of the molecule is Cc1cc(NCC2CCCN2)c2cc([N+](=O)[O-])ccc2n1. The predicted octanol–water partition coefficient (Wildman–Crippen LogP) is 2.62. The summed E-state index contributed by atoms with van der Waals surface area (Å²) < 4.78 is 0. The first-order valence-corrected chi connectivity index (χ1v) is 7.16. The minimum absolute atomic E-state index is 0.0928. The monoisotopic (exact) mass is 286 g/mol. The summed E-state index contributed by atoms with van der Waals surface area (Å²) in [5.74, 6) is 0. The molecule has 21 heavy (non-hydrogen) atoms. The van der Waals surface area contributed by atoms with Crippen molar-refractivity contribution in [3.05, 3.63) is 40.1 Å². The number of nitro groups is 1. The first-order chi connectivity index (χ1) is 10.1. The van der Waals surface area contributed by atoms with Gasteiger partial charge in [-0.1, -0.05) is 0 Å². The third kappa shape index (κ3) is 2.95. The summed E-state index contributed by atoms with van der Waals surface area (Å²) in [5, 5.41) is 18.6. The molecular formula is C15H18N4O2. The maximum atomic E-state index is 10.9. The molecule has 1 fully saturated rings. The van der Waals surface area contributed by atoms with E-state index in [0.717, 1.165) is 41.8 Å². The van der Waals surface area contributed by atoms with Crippen LogP contribution in [0.2, 0.25) is 0 Å². The van der Waals surface area contributed by atoms with Crippen LogP contribution in [0.5, 0.6) is 0 Å². The number of hydrogen-bond donors (Lipinski definition) is 2. The van der Waals surface area contributed by atoms with Crippen molar-refractivity contribution in [2.75, 3.05) is 18.4 Å². The summed E-state index contributed by atoms with van der Waals surface area (Å²) in [4.78, 5) is 15.0. The van der Waals surface area contributed by atoms with Crippen molar-refractivity contribution < 1.29 is 4.92 Å². The zero-order valence-corrected chi connectivity index (χ0v) is 11.9. The smallest absolute Gasteiger partial charge is 0.270 e. The van der Waals surface area contributed by atoms with Crippen LogP contribution in [0.3, 0.4) is 0 Å². The highest BCUT2D eigenvalue weighted by molar-refractivity contribution is 5.93. The lowest BCUT2D eigenvalue weighted by Gasteiger charge is -2.14. The third-order valence-electron chi connectivity index (χ3n) is 3.83. The normalized spacial score (nSPS) is 18.0. The number of aromatic nitrogens is 1. The minimum Gasteiger partial charge on any atom is -0.383 e. The zero-order chi connectivity index (χ0) is 14.8. The van der Waals surface area contributed by atoms with Crippen LogP contribution in [0, 0.1) is 17.0 Å². The van der Waals surface area contributed by atoms with Crippen LogP contribution in [-0.4, -0.2) is 29.0 Å². The maximum absolute atomic E-state index is 10.9. The van der Waals surface area contributed by atoms with E-state index in [-0.39, 0.29) is 10.6 Å². The van der Waals surface area contributed by atoms with Crippen LogP contribution in [-0.2, 0) is 0 Å². The Morgan fingerprint density at radius 1 is 1.48 bits per heavy atom. The average molecular weight is 286 g/mol. The van der Waals surface area contributed by atoms with Crippen molar-refractivity contribution in [3.8, 4) is 0 Å². The number of aryl methyl sites for hydroxylation is 1. The Morgan fingerprint density at radius 2 is 2.33 bits per heavy atom. The minimum atomic E-state index is -0.373. The molecule has 1 aromatic carbocycles. The second-order valence-corrected chi connectivity index (χ2v) is 5.44. The van der Waals surface area contributed by atoms with E-state index in [1.165, 1.54) is 12.5 Å². The Balaban J connectivity index is 1.94. The highest BCUT2D eigenvalue weighted by Crippen LogP contribution is 2.27. The summed E-state index contributed by atoms with van der Waals surface area (Å²) in [6.45, 7) is 3.81. The molecule has 1 aromatic heterocycles. The molecule has 0 amide bonds. The molecule has 0 aliphatic carbocycles. The predicted molar refractivity (Wildman–Crippen MR) is 82.6 cm³/mol. The molecule has 110 valence electrons. The van der Waals surface area contributed by atoms with Gasteiger partial charge in [0, 0.05) is 41.5 Å². The molecule has 1 atom stereocenters. The molecule has 2 aromatic rings. The number of anilines is 1. The van der Waals surface area contributed by atoms with E-state index in [1.807, 2.05) is 13.0 Å². The molecule has 3 rings (SSSR count). The molecule has 0 bridgehead atoms. The van der Waals surface area contributed by atoms with Crippen LogP contribution >= 0.6 is 0 Å². The summed E-state index contributed by atoms with van der Waals surface area (Å²) in [7, 11) is 0. The standard InChI is InChI=1S/C15H18N4O2/c1-10-7-15(17-9-11-3-2-6-16-11)13-8-12(19(20)21)4-5-14(13)18-10/h4-5,7-8,11,16H,2-3,6,9H2,1H3,(H,17,18). The molecular weight excluding hydrogens is 268 g/mol. The lowest BCUT2D eigenvalue weighted by Crippen LogP contribution is -2.29. The second-order valence-electron chi connectivity index (χ2n) is 5.44. The van der Waals surface area contributed by atoms with E-state index in [4.69, 9.17) is 0 Å². The Labute approximate surface area is 122 Å². The van der Waals surface area contributed by atoms with Gasteiger partial charge in [0.2, 0.25) is 0 Å². The molecule has 1 aliphatic rings. The number of nitrogens with one attached hydrogen (secondary N) is 2. The molecule has 6 heteroatoms. The van der Waals surface area contributed by atoms with Crippen molar-refractivity contribution in [1.29, 1.82) is 0 Å². The molecule has 0 saturated carbocycles. The Morgan fingerprint density at radius 3 is 3.05 bits per heavy atom. The summed E-state index contributed by atoms with van der Waals surface area (Å²) in [6, 6.07) is 7.20. The Bertz CT molecular complexity index is 681. The first kappa shape index (κ1) is 13.8. The molecule has 0 spiro atoms. The lowest BCUT2D eigenvalue weighted by molar-refractivity contribution is -0.384. The molecule has 2 N–H and O–H groups in total. The van der Waals surface area contributed by atoms with E-state index in [2.05, 4.69) is 15.6 Å². The van der Waals surface area contributed by atoms with Crippen LogP contribution in [0.1, 0.15) is 18.5 Å². The highest BCUT2D eigenvalue weighted by Gasteiger charge is 2.15. The maximum Gasteiger partial charge on any atom is 0.270 e. The van der Waals surface area contributed by atoms with Crippen LogP contribution in [0.4, 0.5) is 11.4 Å². The van der Waals surface area contributed by atoms with Crippen molar-refractivity contribution in [2.24, 2.45) is 0 Å². The molecule has 1 saturated heterocycles. The topological polar surface area (TPSA) is 80.1 Å². The fraction of sp³-hybridized carbons (Fsp3) is 0.400. The van der Waals surface area contributed by atoms with Gasteiger partial charge < -0.3 is 10.6 Å². The van der Waals surface area contributed by atoms with Crippen LogP contribution in [0.15, 0.2) is 24.3 Å². The van der Waals surface area contributed by atoms with Gasteiger partial charge in [-0.05, 0) is 38.4 Å². The highest BCUT2D eigenvalue weighted by atomic mass is 16.6. The van der Waals surface area contributed by atoms with Gasteiger partial charge in [-0.15, -0.1) is 0 Å². The van der Waals surface area contributed by atoms with Gasteiger partial charge >= 0.3 is 0 Å². The van der Waals surface area contributed by atoms with Gasteiger partial charge in [-0.3, -0.25) is 15.1 Å². The summed E-state index contributed by atoms with van der Waals surface area (Å²) in [6.07, 6.45) is 2.36. The number of nitro benzene ring substituents is 1. The van der Waals surface area contributed by atoms with Gasteiger partial charge in [0.15, 0.2) is 0 Å². The van der Waals surface area contributed by atoms with Crippen molar-refractivity contribution in [3.63, 3.8) is 0 Å². The largest absolute Gasteiger partial charge is 0.383 e. The van der Waals surface area contributed by atoms with Crippen molar-refractivity contribution in [2.45, 2.75) is 25.8 Å². The third-order valence-corrected chi connectivity index (χ3v) is 3.83. The number of fused-ring (bicyclic) bond motifs is 1. The summed E-state index contributed by atoms with van der Waals surface area (Å²) >= 11 is 0. The Hall–Kier alpha value is -2.21. The van der Waals surface area contributed by atoms with Gasteiger partial charge in [-0.2, -0.15) is 0 Å². The molecule has 2 heterocycles. The van der Waals surface area contributed by atoms with Gasteiger partial charge in [0.25, 0.3) is 5.69 Å². The van der Waals surface area contributed by atoms with Crippen LogP contribution < -0.4 is 10.6 Å². The van der Waals surface area contributed by atoms with E-state index in [9.17, 15) is 10.1 Å². The second kappa shape index (κ2) is 5.65. The zero-order valence-electron chi connectivity index (χ0n) is 11.9. The number of nitrogens with zero attached hydrogens (tertiary/aromatic N) is 2. The fourth-order valence-corrected chi connectivity index (χ4v) is 2.77. The van der Waals surface area contributed by atoms with E-state index in [0.29, 0.717) is 6.04 Å². The number of rotatable bonds is 4. The number of hydrogen-bond acceptors (Lipinski definition) is 5. The van der Waals surface area contributed by atoms with E-state index >= 15 is 0 Å². The van der Waals surface area contributed by atoms with Gasteiger partial charge in [0.05, 0.1) is 10.4 Å². The van der Waals surface area contributed by atoms with Gasteiger partial charge in [-0.25, -0.2) is 0 Å². The van der Waals surface area contributed by atoms with E-state index in [1.54, 1.807) is 12.1 Å².